The molecular formula is C19H22N4O. The van der Waals surface area contributed by atoms with Crippen molar-refractivity contribution in [2.24, 2.45) is 0 Å². The van der Waals surface area contributed by atoms with E-state index in [1.54, 1.807) is 7.11 Å². The highest BCUT2D eigenvalue weighted by atomic mass is 16.5. The van der Waals surface area contributed by atoms with Crippen molar-refractivity contribution >= 4 is 16.9 Å². The summed E-state index contributed by atoms with van der Waals surface area (Å²) in [6, 6.07) is 12.8. The molecule has 1 aliphatic heterocycles. The molecule has 0 saturated carbocycles. The average molecular weight is 322 g/mol. The highest BCUT2D eigenvalue weighted by molar-refractivity contribution is 5.96. The number of nitrogens with one attached hydrogen (secondary N) is 3. The quantitative estimate of drug-likeness (QED) is 0.689. The minimum atomic E-state index is 0.469. The fourth-order valence-corrected chi connectivity index (χ4v) is 3.38. The molecule has 1 saturated heterocycles. The fraction of sp³-hybridized carbons (Fsp3) is 0.316. The van der Waals surface area contributed by atoms with Crippen molar-refractivity contribution in [3.8, 4) is 16.9 Å². The molecule has 3 heterocycles. The summed E-state index contributed by atoms with van der Waals surface area (Å²) < 4.78 is 5.56. The van der Waals surface area contributed by atoms with Gasteiger partial charge in [-0.3, -0.25) is 0 Å². The van der Waals surface area contributed by atoms with Crippen LogP contribution in [0, 0.1) is 0 Å². The molecule has 2 aromatic heterocycles. The number of hydrogen-bond donors (Lipinski definition) is 3. The van der Waals surface area contributed by atoms with Gasteiger partial charge in [0.05, 0.1) is 7.11 Å². The van der Waals surface area contributed by atoms with Crippen LogP contribution in [-0.4, -0.2) is 36.2 Å². The Morgan fingerprint density at radius 1 is 1.12 bits per heavy atom. The number of para-hydroxylation sites is 1. The third kappa shape index (κ3) is 2.83. The van der Waals surface area contributed by atoms with Gasteiger partial charge >= 0.3 is 0 Å². The molecule has 0 amide bonds. The molecule has 3 N–H and O–H groups in total. The minimum absolute atomic E-state index is 0.469. The summed E-state index contributed by atoms with van der Waals surface area (Å²) in [7, 11) is 1.71. The van der Waals surface area contributed by atoms with Crippen LogP contribution in [-0.2, 0) is 0 Å². The number of pyridine rings is 1. The van der Waals surface area contributed by atoms with Gasteiger partial charge in [-0.1, -0.05) is 18.2 Å². The maximum atomic E-state index is 5.56. The van der Waals surface area contributed by atoms with E-state index in [4.69, 9.17) is 9.72 Å². The monoisotopic (exact) mass is 322 g/mol. The largest absolute Gasteiger partial charge is 0.496 e. The van der Waals surface area contributed by atoms with Crippen molar-refractivity contribution in [2.45, 2.75) is 18.9 Å². The SMILES string of the molecule is COc1ccccc1-c1cc(NC2CCNCC2)nc2[nH]ccc12. The van der Waals surface area contributed by atoms with Crippen molar-refractivity contribution in [1.82, 2.24) is 15.3 Å². The Balaban J connectivity index is 1.77. The van der Waals surface area contributed by atoms with Gasteiger partial charge in [0.1, 0.15) is 17.2 Å². The number of piperidine rings is 1. The summed E-state index contributed by atoms with van der Waals surface area (Å²) in [4.78, 5) is 7.98. The molecule has 0 spiro atoms. The first kappa shape index (κ1) is 15.0. The lowest BCUT2D eigenvalue weighted by Crippen LogP contribution is -2.35. The van der Waals surface area contributed by atoms with Crippen LogP contribution < -0.4 is 15.4 Å². The first-order chi connectivity index (χ1) is 11.8. The van der Waals surface area contributed by atoms with Gasteiger partial charge in [-0.05, 0) is 44.1 Å². The van der Waals surface area contributed by atoms with E-state index in [9.17, 15) is 0 Å². The molecule has 1 aromatic carbocycles. The molecule has 1 fully saturated rings. The number of hydrogen-bond acceptors (Lipinski definition) is 4. The molecule has 5 heteroatoms. The third-order valence-electron chi connectivity index (χ3n) is 4.62. The minimum Gasteiger partial charge on any atom is -0.496 e. The van der Waals surface area contributed by atoms with E-state index in [2.05, 4.69) is 33.8 Å². The van der Waals surface area contributed by atoms with E-state index in [1.165, 1.54) is 0 Å². The summed E-state index contributed by atoms with van der Waals surface area (Å²) in [6.45, 7) is 2.11. The summed E-state index contributed by atoms with van der Waals surface area (Å²) in [5, 5.41) is 8.10. The van der Waals surface area contributed by atoms with Crippen LogP contribution in [0.25, 0.3) is 22.2 Å². The Morgan fingerprint density at radius 3 is 2.79 bits per heavy atom. The van der Waals surface area contributed by atoms with Gasteiger partial charge in [-0.15, -0.1) is 0 Å². The molecular weight excluding hydrogens is 300 g/mol. The Morgan fingerprint density at radius 2 is 1.96 bits per heavy atom. The fourth-order valence-electron chi connectivity index (χ4n) is 3.38. The Hall–Kier alpha value is -2.53. The van der Waals surface area contributed by atoms with Gasteiger partial charge in [0.25, 0.3) is 0 Å². The molecule has 24 heavy (non-hydrogen) atoms. The van der Waals surface area contributed by atoms with Crippen LogP contribution in [0.3, 0.4) is 0 Å². The van der Waals surface area contributed by atoms with Crippen molar-refractivity contribution in [3.63, 3.8) is 0 Å². The first-order valence-electron chi connectivity index (χ1n) is 8.44. The number of benzene rings is 1. The van der Waals surface area contributed by atoms with Gasteiger partial charge in [0.2, 0.25) is 0 Å². The van der Waals surface area contributed by atoms with Crippen molar-refractivity contribution in [3.05, 3.63) is 42.6 Å². The molecule has 0 unspecified atom stereocenters. The number of ether oxygens (including phenoxy) is 1. The van der Waals surface area contributed by atoms with E-state index in [-0.39, 0.29) is 0 Å². The molecule has 0 atom stereocenters. The highest BCUT2D eigenvalue weighted by Crippen LogP contribution is 2.35. The number of H-pyrrole nitrogens is 1. The van der Waals surface area contributed by atoms with E-state index in [0.717, 1.165) is 59.7 Å². The zero-order valence-corrected chi connectivity index (χ0v) is 13.8. The topological polar surface area (TPSA) is 62.0 Å². The number of rotatable bonds is 4. The van der Waals surface area contributed by atoms with E-state index >= 15 is 0 Å². The summed E-state index contributed by atoms with van der Waals surface area (Å²) in [5.41, 5.74) is 3.12. The molecule has 5 nitrogen and oxygen atoms in total. The predicted octanol–water partition coefficient (Wildman–Crippen LogP) is 3.40. The van der Waals surface area contributed by atoms with E-state index in [1.807, 2.05) is 24.4 Å². The van der Waals surface area contributed by atoms with Crippen LogP contribution in [0.1, 0.15) is 12.8 Å². The number of fused-ring (bicyclic) bond motifs is 1. The van der Waals surface area contributed by atoms with Gasteiger partial charge in [0, 0.05) is 28.8 Å². The second kappa shape index (κ2) is 6.53. The first-order valence-corrected chi connectivity index (χ1v) is 8.44. The van der Waals surface area contributed by atoms with E-state index in [0.29, 0.717) is 6.04 Å². The molecule has 1 aliphatic rings. The third-order valence-corrected chi connectivity index (χ3v) is 4.62. The smallest absolute Gasteiger partial charge is 0.140 e. The standard InChI is InChI=1S/C19H22N4O/c1-24-17-5-3-2-4-14(17)16-12-18(22-13-6-9-20-10-7-13)23-19-15(16)8-11-21-19/h2-5,8,11-13,20H,6-7,9-10H2,1H3,(H2,21,22,23). The van der Waals surface area contributed by atoms with Crippen LogP contribution in [0.5, 0.6) is 5.75 Å². The lowest BCUT2D eigenvalue weighted by Gasteiger charge is -2.24. The predicted molar refractivity (Wildman–Crippen MR) is 97.6 cm³/mol. The van der Waals surface area contributed by atoms with Crippen LogP contribution in [0.15, 0.2) is 42.6 Å². The van der Waals surface area contributed by atoms with Gasteiger partial charge in [-0.25, -0.2) is 4.98 Å². The normalized spacial score (nSPS) is 15.5. The molecule has 124 valence electrons. The van der Waals surface area contributed by atoms with Crippen molar-refractivity contribution < 1.29 is 4.74 Å². The number of nitrogens with zero attached hydrogens (tertiary/aromatic N) is 1. The van der Waals surface area contributed by atoms with Crippen LogP contribution in [0.2, 0.25) is 0 Å². The summed E-state index contributed by atoms with van der Waals surface area (Å²) in [6.07, 6.45) is 4.17. The maximum Gasteiger partial charge on any atom is 0.140 e. The molecule has 0 aliphatic carbocycles. The Labute approximate surface area is 141 Å². The van der Waals surface area contributed by atoms with Crippen molar-refractivity contribution in [1.29, 1.82) is 0 Å². The summed E-state index contributed by atoms with van der Waals surface area (Å²) >= 11 is 0. The van der Waals surface area contributed by atoms with Crippen molar-refractivity contribution in [2.75, 3.05) is 25.5 Å². The zero-order valence-electron chi connectivity index (χ0n) is 13.8. The number of aromatic nitrogens is 2. The second-order valence-electron chi connectivity index (χ2n) is 6.16. The van der Waals surface area contributed by atoms with Gasteiger partial charge in [-0.2, -0.15) is 0 Å². The lowest BCUT2D eigenvalue weighted by molar-refractivity contribution is 0.416. The number of anilines is 1. The Bertz CT molecular complexity index is 836. The van der Waals surface area contributed by atoms with Crippen LogP contribution in [0.4, 0.5) is 5.82 Å². The second-order valence-corrected chi connectivity index (χ2v) is 6.16. The lowest BCUT2D eigenvalue weighted by atomic mass is 10.0. The van der Waals surface area contributed by atoms with Gasteiger partial charge in [0.15, 0.2) is 0 Å². The van der Waals surface area contributed by atoms with E-state index < -0.39 is 0 Å². The number of aromatic amines is 1. The Kier molecular flexibility index (Phi) is 4.09. The number of methoxy groups -OCH3 is 1. The molecule has 4 rings (SSSR count). The summed E-state index contributed by atoms with van der Waals surface area (Å²) in [5.74, 6) is 1.79. The highest BCUT2D eigenvalue weighted by Gasteiger charge is 2.16. The maximum absolute atomic E-state index is 5.56. The molecule has 3 aromatic rings. The molecule has 0 radical (unpaired) electrons. The average Bonchev–Trinajstić information content (AvgIpc) is 3.10. The zero-order chi connectivity index (χ0) is 16.4. The van der Waals surface area contributed by atoms with Gasteiger partial charge < -0.3 is 20.4 Å². The molecule has 0 bridgehead atoms. The van der Waals surface area contributed by atoms with Crippen LogP contribution >= 0.6 is 0 Å².